The monoisotopic (exact) mass is 266 g/mol. The number of nitrogens with one attached hydrogen (secondary N) is 1. The molecule has 0 fully saturated rings. The quantitative estimate of drug-likeness (QED) is 0.878. The summed E-state index contributed by atoms with van der Waals surface area (Å²) >= 11 is 0. The van der Waals surface area contributed by atoms with Crippen LogP contribution in [0.3, 0.4) is 0 Å². The molecule has 108 valence electrons. The normalized spacial score (nSPS) is 11.9. The Morgan fingerprint density at radius 3 is 2.53 bits per heavy atom. The van der Waals surface area contributed by atoms with Gasteiger partial charge in [0.2, 0.25) is 0 Å². The third-order valence-electron chi connectivity index (χ3n) is 2.93. The molecule has 0 bridgehead atoms. The first-order chi connectivity index (χ1) is 8.77. The second kappa shape index (κ2) is 6.19. The van der Waals surface area contributed by atoms with Gasteiger partial charge in [-0.15, -0.1) is 0 Å². The average molecular weight is 266 g/mol. The standard InChI is InChI=1S/C14H26N4O/c1-7-12-11(10-16-18(12)14(2,3)4)13(19)15-8-9-17(5)6/h10H,7-9H2,1-6H3,(H,15,19). The Labute approximate surface area is 116 Å². The Balaban J connectivity index is 2.84. The Morgan fingerprint density at radius 1 is 1.42 bits per heavy atom. The highest BCUT2D eigenvalue weighted by Gasteiger charge is 2.22. The number of amides is 1. The molecule has 0 aliphatic carbocycles. The number of carbonyl (C=O) groups is 1. The van der Waals surface area contributed by atoms with Gasteiger partial charge >= 0.3 is 0 Å². The van der Waals surface area contributed by atoms with Gasteiger partial charge in [0.05, 0.1) is 23.0 Å². The number of likely N-dealkylation sites (N-methyl/N-ethyl adjacent to an activating group) is 1. The van der Waals surface area contributed by atoms with Crippen LogP contribution in [0.1, 0.15) is 43.7 Å². The van der Waals surface area contributed by atoms with E-state index in [1.165, 1.54) is 0 Å². The summed E-state index contributed by atoms with van der Waals surface area (Å²) in [6.45, 7) is 9.80. The molecule has 1 N–H and O–H groups in total. The first kappa shape index (κ1) is 15.7. The zero-order valence-corrected chi connectivity index (χ0v) is 12.9. The van der Waals surface area contributed by atoms with Crippen LogP contribution in [-0.4, -0.2) is 47.8 Å². The van der Waals surface area contributed by atoms with Gasteiger partial charge in [0.1, 0.15) is 0 Å². The summed E-state index contributed by atoms with van der Waals surface area (Å²) in [6.07, 6.45) is 2.47. The molecule has 1 aromatic heterocycles. The molecular weight excluding hydrogens is 240 g/mol. The van der Waals surface area contributed by atoms with Crippen LogP contribution in [0, 0.1) is 0 Å². The van der Waals surface area contributed by atoms with Gasteiger partial charge in [0.15, 0.2) is 0 Å². The summed E-state index contributed by atoms with van der Waals surface area (Å²) in [6, 6.07) is 0. The van der Waals surface area contributed by atoms with Crippen molar-refractivity contribution >= 4 is 5.91 Å². The van der Waals surface area contributed by atoms with Crippen molar-refractivity contribution in [3.63, 3.8) is 0 Å². The Bertz CT molecular complexity index is 429. The molecule has 0 aliphatic heterocycles. The first-order valence-electron chi connectivity index (χ1n) is 6.77. The summed E-state index contributed by atoms with van der Waals surface area (Å²) in [5.41, 5.74) is 1.58. The van der Waals surface area contributed by atoms with Crippen molar-refractivity contribution in [3.05, 3.63) is 17.5 Å². The molecule has 5 nitrogen and oxygen atoms in total. The maximum Gasteiger partial charge on any atom is 0.254 e. The molecule has 1 heterocycles. The maximum absolute atomic E-state index is 12.2. The van der Waals surface area contributed by atoms with E-state index in [2.05, 4.69) is 38.1 Å². The van der Waals surface area contributed by atoms with Gasteiger partial charge in [-0.25, -0.2) is 0 Å². The summed E-state index contributed by atoms with van der Waals surface area (Å²) in [4.78, 5) is 14.2. The van der Waals surface area contributed by atoms with E-state index in [4.69, 9.17) is 0 Å². The zero-order valence-electron chi connectivity index (χ0n) is 12.9. The van der Waals surface area contributed by atoms with E-state index in [1.54, 1.807) is 6.20 Å². The van der Waals surface area contributed by atoms with Crippen LogP contribution in [0.25, 0.3) is 0 Å². The Kier molecular flexibility index (Phi) is 5.11. The van der Waals surface area contributed by atoms with Crippen molar-refractivity contribution in [3.8, 4) is 0 Å². The first-order valence-corrected chi connectivity index (χ1v) is 6.77. The molecule has 5 heteroatoms. The lowest BCUT2D eigenvalue weighted by Crippen LogP contribution is -2.32. The van der Waals surface area contributed by atoms with E-state index in [0.717, 1.165) is 18.7 Å². The smallest absolute Gasteiger partial charge is 0.254 e. The number of nitrogens with zero attached hydrogens (tertiary/aromatic N) is 3. The number of hydrogen-bond donors (Lipinski definition) is 1. The van der Waals surface area contributed by atoms with E-state index >= 15 is 0 Å². The summed E-state index contributed by atoms with van der Waals surface area (Å²) in [5.74, 6) is -0.0331. The van der Waals surface area contributed by atoms with E-state index in [1.807, 2.05) is 23.7 Å². The molecule has 1 rings (SSSR count). The lowest BCUT2D eigenvalue weighted by Gasteiger charge is -2.22. The highest BCUT2D eigenvalue weighted by atomic mass is 16.1. The van der Waals surface area contributed by atoms with Gasteiger partial charge < -0.3 is 10.2 Å². The fourth-order valence-electron chi connectivity index (χ4n) is 1.97. The molecule has 1 aromatic rings. The summed E-state index contributed by atoms with van der Waals surface area (Å²) in [5, 5.41) is 7.30. The van der Waals surface area contributed by atoms with Gasteiger partial charge in [-0.05, 0) is 41.3 Å². The van der Waals surface area contributed by atoms with E-state index in [-0.39, 0.29) is 11.4 Å². The van der Waals surface area contributed by atoms with Crippen molar-refractivity contribution in [2.24, 2.45) is 0 Å². The van der Waals surface area contributed by atoms with Crippen LogP contribution < -0.4 is 5.32 Å². The maximum atomic E-state index is 12.2. The van der Waals surface area contributed by atoms with Gasteiger partial charge in [0.25, 0.3) is 5.91 Å². The number of carbonyl (C=O) groups excluding carboxylic acids is 1. The van der Waals surface area contributed by atoms with Crippen LogP contribution in [0.2, 0.25) is 0 Å². The molecular formula is C14H26N4O. The number of hydrogen-bond acceptors (Lipinski definition) is 3. The van der Waals surface area contributed by atoms with Crippen LogP contribution in [-0.2, 0) is 12.0 Å². The highest BCUT2D eigenvalue weighted by Crippen LogP contribution is 2.19. The molecule has 0 aliphatic rings. The van der Waals surface area contributed by atoms with Crippen LogP contribution in [0.5, 0.6) is 0 Å². The van der Waals surface area contributed by atoms with Gasteiger partial charge in [0, 0.05) is 13.1 Å². The third kappa shape index (κ3) is 4.06. The molecule has 0 unspecified atom stereocenters. The SMILES string of the molecule is CCc1c(C(=O)NCCN(C)C)cnn1C(C)(C)C. The van der Waals surface area contributed by atoms with Gasteiger partial charge in [-0.2, -0.15) is 5.10 Å². The van der Waals surface area contributed by atoms with E-state index in [9.17, 15) is 4.79 Å². The molecule has 19 heavy (non-hydrogen) atoms. The van der Waals surface area contributed by atoms with Crippen molar-refractivity contribution in [2.75, 3.05) is 27.2 Å². The molecule has 0 spiro atoms. The van der Waals surface area contributed by atoms with E-state index in [0.29, 0.717) is 12.1 Å². The van der Waals surface area contributed by atoms with Gasteiger partial charge in [-0.1, -0.05) is 6.92 Å². The van der Waals surface area contributed by atoms with Crippen molar-refractivity contribution in [1.82, 2.24) is 20.0 Å². The Morgan fingerprint density at radius 2 is 2.05 bits per heavy atom. The predicted molar refractivity (Wildman–Crippen MR) is 77.5 cm³/mol. The average Bonchev–Trinajstić information content (AvgIpc) is 2.71. The fraction of sp³-hybridized carbons (Fsp3) is 0.714. The highest BCUT2D eigenvalue weighted by molar-refractivity contribution is 5.95. The van der Waals surface area contributed by atoms with E-state index < -0.39 is 0 Å². The molecule has 0 saturated carbocycles. The lowest BCUT2D eigenvalue weighted by molar-refractivity contribution is 0.0950. The van der Waals surface area contributed by atoms with Crippen molar-refractivity contribution < 1.29 is 4.79 Å². The molecule has 0 saturated heterocycles. The lowest BCUT2D eigenvalue weighted by atomic mass is 10.1. The van der Waals surface area contributed by atoms with Crippen LogP contribution >= 0.6 is 0 Å². The largest absolute Gasteiger partial charge is 0.351 e. The Hall–Kier alpha value is -1.36. The molecule has 0 atom stereocenters. The fourth-order valence-corrected chi connectivity index (χ4v) is 1.97. The topological polar surface area (TPSA) is 50.2 Å². The molecule has 1 amide bonds. The minimum Gasteiger partial charge on any atom is -0.351 e. The third-order valence-corrected chi connectivity index (χ3v) is 2.93. The van der Waals surface area contributed by atoms with Crippen molar-refractivity contribution in [1.29, 1.82) is 0 Å². The zero-order chi connectivity index (χ0) is 14.6. The van der Waals surface area contributed by atoms with Crippen LogP contribution in [0.4, 0.5) is 0 Å². The summed E-state index contributed by atoms with van der Waals surface area (Å²) in [7, 11) is 3.97. The minimum absolute atomic E-state index is 0.0331. The van der Waals surface area contributed by atoms with Crippen molar-refractivity contribution in [2.45, 2.75) is 39.7 Å². The van der Waals surface area contributed by atoms with Gasteiger partial charge in [-0.3, -0.25) is 9.48 Å². The van der Waals surface area contributed by atoms with Crippen LogP contribution in [0.15, 0.2) is 6.20 Å². The molecule has 0 radical (unpaired) electrons. The predicted octanol–water partition coefficient (Wildman–Crippen LogP) is 1.49. The number of rotatable bonds is 5. The number of aromatic nitrogens is 2. The second-order valence-electron chi connectivity index (χ2n) is 6.00. The minimum atomic E-state index is -0.104. The molecule has 0 aromatic carbocycles. The second-order valence-corrected chi connectivity index (χ2v) is 6.00. The summed E-state index contributed by atoms with van der Waals surface area (Å²) < 4.78 is 1.94.